The highest BCUT2D eigenvalue weighted by molar-refractivity contribution is 5.97. The van der Waals surface area contributed by atoms with Gasteiger partial charge in [0.25, 0.3) is 0 Å². The molecule has 3 N–H and O–H groups in total. The number of aromatic amines is 1. The van der Waals surface area contributed by atoms with Crippen molar-refractivity contribution in [1.82, 2.24) is 20.4 Å². The highest BCUT2D eigenvalue weighted by Crippen LogP contribution is 2.20. The molecular formula is C13H23N5O. The summed E-state index contributed by atoms with van der Waals surface area (Å²) in [5, 5.41) is 13.2. The highest BCUT2D eigenvalue weighted by atomic mass is 16.2. The van der Waals surface area contributed by atoms with E-state index >= 15 is 0 Å². The topological polar surface area (TPSA) is 73.0 Å². The van der Waals surface area contributed by atoms with Crippen LogP contribution >= 0.6 is 0 Å². The van der Waals surface area contributed by atoms with E-state index < -0.39 is 5.54 Å². The molecule has 2 rings (SSSR count). The molecule has 1 amide bonds. The summed E-state index contributed by atoms with van der Waals surface area (Å²) >= 11 is 0. The number of amides is 1. The van der Waals surface area contributed by atoms with E-state index in [1.54, 1.807) is 0 Å². The fourth-order valence-corrected chi connectivity index (χ4v) is 2.23. The Morgan fingerprint density at radius 1 is 1.32 bits per heavy atom. The third kappa shape index (κ3) is 2.79. The lowest BCUT2D eigenvalue weighted by Crippen LogP contribution is -2.58. The SMILES string of the molecule is Cc1[nH]nc(NC(=O)C(C)(C)N2CCNCC2)c1C. The molecule has 106 valence electrons. The van der Waals surface area contributed by atoms with Gasteiger partial charge in [-0.05, 0) is 27.7 Å². The highest BCUT2D eigenvalue weighted by Gasteiger charge is 2.35. The third-order valence-electron chi connectivity index (χ3n) is 3.95. The van der Waals surface area contributed by atoms with Crippen LogP contribution in [0.25, 0.3) is 0 Å². The summed E-state index contributed by atoms with van der Waals surface area (Å²) in [6.07, 6.45) is 0. The first-order valence-electron chi connectivity index (χ1n) is 6.71. The van der Waals surface area contributed by atoms with Gasteiger partial charge in [-0.15, -0.1) is 0 Å². The third-order valence-corrected chi connectivity index (χ3v) is 3.95. The first-order valence-corrected chi connectivity index (χ1v) is 6.71. The van der Waals surface area contributed by atoms with E-state index in [0.29, 0.717) is 5.82 Å². The van der Waals surface area contributed by atoms with Crippen LogP contribution in [-0.2, 0) is 4.79 Å². The molecule has 0 aliphatic carbocycles. The monoisotopic (exact) mass is 265 g/mol. The van der Waals surface area contributed by atoms with Gasteiger partial charge in [-0.3, -0.25) is 14.8 Å². The molecule has 19 heavy (non-hydrogen) atoms. The molecule has 0 aromatic carbocycles. The van der Waals surface area contributed by atoms with Crippen LogP contribution in [-0.4, -0.2) is 52.7 Å². The Hall–Kier alpha value is -1.40. The summed E-state index contributed by atoms with van der Waals surface area (Å²) in [6.45, 7) is 11.4. The number of hydrogen-bond acceptors (Lipinski definition) is 4. The first kappa shape index (κ1) is 14.0. The standard InChI is InChI=1S/C13H23N5O/c1-9-10(2)16-17-11(9)15-12(19)13(3,4)18-7-5-14-6-8-18/h14H,5-8H2,1-4H3,(H2,15,16,17,19). The fourth-order valence-electron chi connectivity index (χ4n) is 2.23. The Kier molecular flexibility index (Phi) is 3.91. The molecule has 0 spiro atoms. The Labute approximate surface area is 113 Å². The second-order valence-electron chi connectivity index (χ2n) is 5.57. The second-order valence-corrected chi connectivity index (χ2v) is 5.57. The van der Waals surface area contributed by atoms with E-state index in [1.165, 1.54) is 0 Å². The molecule has 6 heteroatoms. The number of nitrogens with one attached hydrogen (secondary N) is 3. The van der Waals surface area contributed by atoms with Gasteiger partial charge in [0.15, 0.2) is 5.82 Å². The van der Waals surface area contributed by atoms with Gasteiger partial charge < -0.3 is 10.6 Å². The Bertz CT molecular complexity index is 460. The number of hydrogen-bond donors (Lipinski definition) is 3. The average Bonchev–Trinajstić information content (AvgIpc) is 2.71. The van der Waals surface area contributed by atoms with Crippen LogP contribution in [0.5, 0.6) is 0 Å². The number of rotatable bonds is 3. The first-order chi connectivity index (χ1) is 8.93. The van der Waals surface area contributed by atoms with Gasteiger partial charge in [-0.1, -0.05) is 0 Å². The molecule has 1 aliphatic rings. The zero-order chi connectivity index (χ0) is 14.0. The van der Waals surface area contributed by atoms with Crippen LogP contribution in [0.4, 0.5) is 5.82 Å². The largest absolute Gasteiger partial charge is 0.314 e. The number of H-pyrrole nitrogens is 1. The molecule has 0 bridgehead atoms. The summed E-state index contributed by atoms with van der Waals surface area (Å²) in [7, 11) is 0. The second kappa shape index (κ2) is 5.30. The van der Waals surface area contributed by atoms with Gasteiger partial charge in [0.2, 0.25) is 5.91 Å². The predicted molar refractivity (Wildman–Crippen MR) is 75.2 cm³/mol. The summed E-state index contributed by atoms with van der Waals surface area (Å²) in [4.78, 5) is 14.7. The quantitative estimate of drug-likeness (QED) is 0.750. The van der Waals surface area contributed by atoms with Crippen molar-refractivity contribution >= 4 is 11.7 Å². The van der Waals surface area contributed by atoms with Crippen LogP contribution in [0.15, 0.2) is 0 Å². The molecule has 0 radical (unpaired) electrons. The van der Waals surface area contributed by atoms with Crippen molar-refractivity contribution in [3.63, 3.8) is 0 Å². The molecular weight excluding hydrogens is 242 g/mol. The number of carbonyl (C=O) groups is 1. The Morgan fingerprint density at radius 3 is 2.47 bits per heavy atom. The number of aryl methyl sites for hydroxylation is 1. The van der Waals surface area contributed by atoms with Crippen LogP contribution in [0, 0.1) is 13.8 Å². The number of carbonyl (C=O) groups excluding carboxylic acids is 1. The van der Waals surface area contributed by atoms with Crippen LogP contribution in [0.3, 0.4) is 0 Å². The van der Waals surface area contributed by atoms with Gasteiger partial charge in [0.1, 0.15) is 0 Å². The van der Waals surface area contributed by atoms with E-state index in [2.05, 4.69) is 25.7 Å². The maximum Gasteiger partial charge on any atom is 0.245 e. The molecule has 1 fully saturated rings. The van der Waals surface area contributed by atoms with E-state index in [9.17, 15) is 4.79 Å². The van der Waals surface area contributed by atoms with Gasteiger partial charge >= 0.3 is 0 Å². The molecule has 1 aliphatic heterocycles. The van der Waals surface area contributed by atoms with Crippen molar-refractivity contribution in [1.29, 1.82) is 0 Å². The summed E-state index contributed by atoms with van der Waals surface area (Å²) < 4.78 is 0. The van der Waals surface area contributed by atoms with Crippen molar-refractivity contribution in [2.75, 3.05) is 31.5 Å². The molecule has 2 heterocycles. The van der Waals surface area contributed by atoms with E-state index in [0.717, 1.165) is 37.4 Å². The molecule has 0 saturated carbocycles. The summed E-state index contributed by atoms with van der Waals surface area (Å²) in [6, 6.07) is 0. The van der Waals surface area contributed by atoms with Crippen molar-refractivity contribution in [3.8, 4) is 0 Å². The predicted octanol–water partition coefficient (Wildman–Crippen LogP) is 0.649. The van der Waals surface area contributed by atoms with Crippen LogP contribution < -0.4 is 10.6 Å². The maximum atomic E-state index is 12.5. The van der Waals surface area contributed by atoms with Gasteiger partial charge in [-0.2, -0.15) is 5.10 Å². The number of anilines is 1. The number of piperazine rings is 1. The minimum Gasteiger partial charge on any atom is -0.314 e. The average molecular weight is 265 g/mol. The Morgan fingerprint density at radius 2 is 1.95 bits per heavy atom. The molecule has 1 aromatic heterocycles. The van der Waals surface area contributed by atoms with Gasteiger partial charge in [-0.25, -0.2) is 0 Å². The smallest absolute Gasteiger partial charge is 0.245 e. The summed E-state index contributed by atoms with van der Waals surface area (Å²) in [5.41, 5.74) is 1.45. The lowest BCUT2D eigenvalue weighted by molar-refractivity contribution is -0.126. The van der Waals surface area contributed by atoms with Crippen molar-refractivity contribution in [2.45, 2.75) is 33.2 Å². The molecule has 0 unspecified atom stereocenters. The fraction of sp³-hybridized carbons (Fsp3) is 0.692. The van der Waals surface area contributed by atoms with Crippen molar-refractivity contribution < 1.29 is 4.79 Å². The van der Waals surface area contributed by atoms with Gasteiger partial charge in [0, 0.05) is 37.4 Å². The maximum absolute atomic E-state index is 12.5. The lowest BCUT2D eigenvalue weighted by atomic mass is 10.0. The minimum atomic E-state index is -0.526. The molecule has 0 atom stereocenters. The van der Waals surface area contributed by atoms with Crippen molar-refractivity contribution in [2.24, 2.45) is 0 Å². The molecule has 6 nitrogen and oxygen atoms in total. The van der Waals surface area contributed by atoms with Crippen LogP contribution in [0.2, 0.25) is 0 Å². The van der Waals surface area contributed by atoms with Crippen molar-refractivity contribution in [3.05, 3.63) is 11.3 Å². The molecule has 1 aromatic rings. The normalized spacial score (nSPS) is 17.5. The van der Waals surface area contributed by atoms with Crippen LogP contribution in [0.1, 0.15) is 25.1 Å². The zero-order valence-electron chi connectivity index (χ0n) is 12.1. The van der Waals surface area contributed by atoms with Gasteiger partial charge in [0.05, 0.1) is 5.54 Å². The number of aromatic nitrogens is 2. The van der Waals surface area contributed by atoms with E-state index in [4.69, 9.17) is 0 Å². The molecule has 1 saturated heterocycles. The van der Waals surface area contributed by atoms with E-state index in [1.807, 2.05) is 27.7 Å². The van der Waals surface area contributed by atoms with E-state index in [-0.39, 0.29) is 5.91 Å². The number of nitrogens with zero attached hydrogens (tertiary/aromatic N) is 2. The minimum absolute atomic E-state index is 0.0102. The summed E-state index contributed by atoms with van der Waals surface area (Å²) in [5.74, 6) is 0.620. The lowest BCUT2D eigenvalue weighted by Gasteiger charge is -2.39. The Balaban J connectivity index is 2.07. The zero-order valence-corrected chi connectivity index (χ0v) is 12.1.